The highest BCUT2D eigenvalue weighted by Crippen LogP contribution is 2.21. The van der Waals surface area contributed by atoms with Crippen molar-refractivity contribution in [1.29, 1.82) is 0 Å². The molecule has 0 aromatic carbocycles. The van der Waals surface area contributed by atoms with Crippen molar-refractivity contribution in [2.75, 3.05) is 37.7 Å². The fraction of sp³-hybridized carbons (Fsp3) is 0.538. The van der Waals surface area contributed by atoms with E-state index in [-0.39, 0.29) is 17.1 Å². The first-order chi connectivity index (χ1) is 10.9. The summed E-state index contributed by atoms with van der Waals surface area (Å²) in [4.78, 5) is 26.8. The summed E-state index contributed by atoms with van der Waals surface area (Å²) in [6, 6.07) is 1.27. The second-order valence-corrected chi connectivity index (χ2v) is 8.14. The predicted molar refractivity (Wildman–Crippen MR) is 86.1 cm³/mol. The summed E-state index contributed by atoms with van der Waals surface area (Å²) in [5.41, 5.74) is 0.0676. The average molecular weight is 361 g/mol. The van der Waals surface area contributed by atoms with Crippen LogP contribution in [-0.2, 0) is 14.8 Å². The Morgan fingerprint density at radius 1 is 1.39 bits per heavy atom. The van der Waals surface area contributed by atoms with Crippen molar-refractivity contribution in [1.82, 2.24) is 14.2 Å². The largest absolute Gasteiger partial charge is 0.480 e. The molecule has 1 aliphatic rings. The minimum Gasteiger partial charge on any atom is -0.480 e. The van der Waals surface area contributed by atoms with E-state index in [0.717, 1.165) is 16.4 Å². The topological polar surface area (TPSA) is 111 Å². The number of nitrogens with zero attached hydrogens (tertiary/aromatic N) is 2. The molecule has 2 heterocycles. The molecule has 1 aromatic rings. The number of sulfonamides is 1. The lowest BCUT2D eigenvalue weighted by Crippen LogP contribution is -2.37. The van der Waals surface area contributed by atoms with Gasteiger partial charge in [-0.3, -0.25) is 9.59 Å². The lowest BCUT2D eigenvalue weighted by molar-refractivity contribution is -0.137. The van der Waals surface area contributed by atoms with Gasteiger partial charge in [0.25, 0.3) is 5.91 Å². The molecule has 0 radical (unpaired) electrons. The Morgan fingerprint density at radius 2 is 2.04 bits per heavy atom. The van der Waals surface area contributed by atoms with Crippen LogP contribution in [0.15, 0.2) is 17.2 Å². The summed E-state index contributed by atoms with van der Waals surface area (Å²) in [5.74, 6) is -0.161. The number of aromatic amines is 1. The summed E-state index contributed by atoms with van der Waals surface area (Å²) >= 11 is 1.70. The first-order valence-electron chi connectivity index (χ1n) is 7.13. The molecule has 8 nitrogen and oxygen atoms in total. The number of hydrogen-bond acceptors (Lipinski definition) is 5. The maximum atomic E-state index is 12.5. The second-order valence-electron chi connectivity index (χ2n) is 4.98. The van der Waals surface area contributed by atoms with Crippen LogP contribution in [-0.4, -0.2) is 77.3 Å². The first-order valence-corrected chi connectivity index (χ1v) is 9.73. The van der Waals surface area contributed by atoms with Crippen molar-refractivity contribution < 1.29 is 23.1 Å². The molecule has 1 amide bonds. The van der Waals surface area contributed by atoms with E-state index in [0.29, 0.717) is 13.1 Å². The van der Waals surface area contributed by atoms with Gasteiger partial charge in [-0.05, 0) is 13.0 Å². The number of aliphatic carboxylic acids is 1. The van der Waals surface area contributed by atoms with Gasteiger partial charge in [0.05, 0.1) is 0 Å². The fourth-order valence-corrected chi connectivity index (χ4v) is 4.81. The smallest absolute Gasteiger partial charge is 0.323 e. The number of hydrogen-bond donors (Lipinski definition) is 2. The van der Waals surface area contributed by atoms with Crippen molar-refractivity contribution in [3.8, 4) is 0 Å². The van der Waals surface area contributed by atoms with Crippen LogP contribution in [0, 0.1) is 0 Å². The molecule has 1 saturated heterocycles. The molecule has 1 fully saturated rings. The van der Waals surface area contributed by atoms with Crippen LogP contribution in [0.25, 0.3) is 0 Å². The van der Waals surface area contributed by atoms with E-state index in [4.69, 9.17) is 5.11 Å². The normalized spacial score (nSPS) is 16.2. The number of carbonyl (C=O) groups excluding carboxylic acids is 1. The minimum absolute atomic E-state index is 0.0270. The average Bonchev–Trinajstić information content (AvgIpc) is 3.03. The molecule has 0 unspecified atom stereocenters. The molecule has 0 bridgehead atoms. The van der Waals surface area contributed by atoms with Crippen LogP contribution < -0.4 is 0 Å². The first kappa shape index (κ1) is 17.8. The molecule has 0 saturated carbocycles. The lowest BCUT2D eigenvalue weighted by Gasteiger charge is -2.24. The molecule has 1 aliphatic heterocycles. The maximum Gasteiger partial charge on any atom is 0.323 e. The van der Waals surface area contributed by atoms with E-state index < -0.39 is 28.4 Å². The number of rotatable bonds is 6. The molecule has 0 aliphatic carbocycles. The third-order valence-electron chi connectivity index (χ3n) is 3.49. The Hall–Kier alpha value is -1.52. The van der Waals surface area contributed by atoms with Gasteiger partial charge < -0.3 is 15.0 Å². The number of likely N-dealkylation sites (N-methyl/N-ethyl adjacent to an activating group) is 1. The molecule has 10 heteroatoms. The van der Waals surface area contributed by atoms with E-state index in [1.165, 1.54) is 16.6 Å². The highest BCUT2D eigenvalue weighted by molar-refractivity contribution is 7.99. The standard InChI is InChI=1S/C13H19N3O5S2/c1-2-15(9-12(17)18)13(19)11-7-10(8-14-11)23(20,21)16-3-5-22-6-4-16/h7-8,14H,2-6,9H2,1H3,(H,17,18). The number of amides is 1. The molecular formula is C13H19N3O5S2. The van der Waals surface area contributed by atoms with Crippen LogP contribution in [0.1, 0.15) is 17.4 Å². The van der Waals surface area contributed by atoms with E-state index in [2.05, 4.69) is 4.98 Å². The Kier molecular flexibility index (Phi) is 5.71. The number of carbonyl (C=O) groups is 2. The third kappa shape index (κ3) is 4.06. The Bertz CT molecular complexity index is 680. The van der Waals surface area contributed by atoms with Gasteiger partial charge in [0, 0.05) is 37.3 Å². The van der Waals surface area contributed by atoms with Crippen molar-refractivity contribution in [3.05, 3.63) is 18.0 Å². The molecule has 128 valence electrons. The SMILES string of the molecule is CCN(CC(=O)O)C(=O)c1cc(S(=O)(=O)N2CCSCC2)c[nH]1. The van der Waals surface area contributed by atoms with Gasteiger partial charge in [0.1, 0.15) is 17.1 Å². The highest BCUT2D eigenvalue weighted by Gasteiger charge is 2.28. The van der Waals surface area contributed by atoms with Crippen LogP contribution >= 0.6 is 11.8 Å². The van der Waals surface area contributed by atoms with E-state index >= 15 is 0 Å². The third-order valence-corrected chi connectivity index (χ3v) is 6.31. The van der Waals surface area contributed by atoms with Crippen molar-refractivity contribution in [3.63, 3.8) is 0 Å². The summed E-state index contributed by atoms with van der Waals surface area (Å²) in [6.07, 6.45) is 1.28. The summed E-state index contributed by atoms with van der Waals surface area (Å²) in [5, 5.41) is 8.81. The zero-order valence-electron chi connectivity index (χ0n) is 12.7. The lowest BCUT2D eigenvalue weighted by atomic mass is 10.3. The number of carboxylic acids is 1. The van der Waals surface area contributed by atoms with Gasteiger partial charge in [-0.1, -0.05) is 0 Å². The summed E-state index contributed by atoms with van der Waals surface area (Å²) in [7, 11) is -3.63. The molecular weight excluding hydrogens is 342 g/mol. The fourth-order valence-electron chi connectivity index (χ4n) is 2.24. The Balaban J connectivity index is 2.19. The van der Waals surface area contributed by atoms with Gasteiger partial charge in [-0.2, -0.15) is 16.1 Å². The number of thioether (sulfide) groups is 1. The second kappa shape index (κ2) is 7.37. The maximum absolute atomic E-state index is 12.5. The van der Waals surface area contributed by atoms with Crippen molar-refractivity contribution >= 4 is 33.7 Å². The van der Waals surface area contributed by atoms with Crippen LogP contribution in [0.2, 0.25) is 0 Å². The monoisotopic (exact) mass is 361 g/mol. The van der Waals surface area contributed by atoms with Gasteiger partial charge in [0.15, 0.2) is 0 Å². The molecule has 1 aromatic heterocycles. The Morgan fingerprint density at radius 3 is 2.61 bits per heavy atom. The van der Waals surface area contributed by atoms with E-state index in [1.54, 1.807) is 18.7 Å². The molecule has 2 rings (SSSR count). The number of carboxylic acid groups (broad SMARTS) is 1. The van der Waals surface area contributed by atoms with Gasteiger partial charge in [0.2, 0.25) is 10.0 Å². The summed E-state index contributed by atoms with van der Waals surface area (Å²) in [6.45, 7) is 2.34. The quantitative estimate of drug-likeness (QED) is 0.754. The Labute approximate surface area is 138 Å². The van der Waals surface area contributed by atoms with Crippen molar-refractivity contribution in [2.45, 2.75) is 11.8 Å². The number of aromatic nitrogens is 1. The number of nitrogens with one attached hydrogen (secondary N) is 1. The molecule has 2 N–H and O–H groups in total. The zero-order valence-corrected chi connectivity index (χ0v) is 14.3. The highest BCUT2D eigenvalue weighted by atomic mass is 32.2. The van der Waals surface area contributed by atoms with Crippen molar-refractivity contribution in [2.24, 2.45) is 0 Å². The zero-order chi connectivity index (χ0) is 17.0. The predicted octanol–water partition coefficient (Wildman–Crippen LogP) is 0.299. The van der Waals surface area contributed by atoms with Gasteiger partial charge in [-0.25, -0.2) is 8.42 Å². The van der Waals surface area contributed by atoms with Crippen LogP contribution in [0.4, 0.5) is 0 Å². The minimum atomic E-state index is -3.63. The van der Waals surface area contributed by atoms with E-state index in [9.17, 15) is 18.0 Å². The van der Waals surface area contributed by atoms with Gasteiger partial charge in [-0.15, -0.1) is 0 Å². The van der Waals surface area contributed by atoms with Crippen LogP contribution in [0.3, 0.4) is 0 Å². The van der Waals surface area contributed by atoms with E-state index in [1.807, 2.05) is 0 Å². The van der Waals surface area contributed by atoms with Crippen LogP contribution in [0.5, 0.6) is 0 Å². The molecule has 0 spiro atoms. The number of H-pyrrole nitrogens is 1. The molecule has 23 heavy (non-hydrogen) atoms. The van der Waals surface area contributed by atoms with Gasteiger partial charge >= 0.3 is 5.97 Å². The molecule has 0 atom stereocenters. The summed E-state index contributed by atoms with van der Waals surface area (Å²) < 4.78 is 26.4.